The summed E-state index contributed by atoms with van der Waals surface area (Å²) in [5.74, 6) is -0.447. The molecule has 1 N–H and O–H groups in total. The van der Waals surface area contributed by atoms with Crippen LogP contribution in [0, 0.1) is 11.6 Å². The minimum atomic E-state index is -0.596. The number of hydrogen-bond acceptors (Lipinski definition) is 2. The van der Waals surface area contributed by atoms with Crippen molar-refractivity contribution in [3.63, 3.8) is 0 Å². The van der Waals surface area contributed by atoms with E-state index < -0.39 is 11.6 Å². The fraction of sp³-hybridized carbons (Fsp3) is 0.200. The molecule has 4 heteroatoms. The lowest BCUT2D eigenvalue weighted by atomic mass is 10.2. The maximum atomic E-state index is 13.4. The summed E-state index contributed by atoms with van der Waals surface area (Å²) in [7, 11) is 0. The monoisotopic (exact) mass is 263 g/mol. The number of nitrogens with one attached hydrogen (secondary N) is 1. The normalized spacial score (nSPS) is 10.3. The number of rotatable bonds is 5. The van der Waals surface area contributed by atoms with E-state index in [-0.39, 0.29) is 5.69 Å². The number of halogens is 2. The molecule has 2 aromatic carbocycles. The molecule has 0 amide bonds. The maximum Gasteiger partial charge on any atom is 0.149 e. The molecule has 0 aliphatic heterocycles. The van der Waals surface area contributed by atoms with Crippen molar-refractivity contribution in [1.82, 2.24) is 0 Å². The molecule has 0 unspecified atom stereocenters. The van der Waals surface area contributed by atoms with E-state index in [1.54, 1.807) is 0 Å². The summed E-state index contributed by atoms with van der Waals surface area (Å²) in [6.45, 7) is 2.82. The molecule has 0 fully saturated rings. The molecule has 0 radical (unpaired) electrons. The van der Waals surface area contributed by atoms with Gasteiger partial charge in [-0.25, -0.2) is 8.78 Å². The van der Waals surface area contributed by atoms with Gasteiger partial charge in [0, 0.05) is 6.54 Å². The quantitative estimate of drug-likeness (QED) is 0.881. The fourth-order valence-corrected chi connectivity index (χ4v) is 1.77. The van der Waals surface area contributed by atoms with Gasteiger partial charge >= 0.3 is 0 Å². The van der Waals surface area contributed by atoms with Crippen LogP contribution in [0.3, 0.4) is 0 Å². The van der Waals surface area contributed by atoms with E-state index in [0.29, 0.717) is 13.2 Å². The molecule has 2 rings (SSSR count). The molecule has 2 nitrogen and oxygen atoms in total. The molecular weight excluding hydrogens is 248 g/mol. The molecule has 0 bridgehead atoms. The van der Waals surface area contributed by atoms with Gasteiger partial charge in [0.2, 0.25) is 0 Å². The van der Waals surface area contributed by atoms with Crippen molar-refractivity contribution in [2.45, 2.75) is 13.5 Å². The Balaban J connectivity index is 2.08. The van der Waals surface area contributed by atoms with Crippen molar-refractivity contribution in [2.24, 2.45) is 0 Å². The van der Waals surface area contributed by atoms with Crippen molar-refractivity contribution in [2.75, 3.05) is 11.9 Å². The van der Waals surface area contributed by atoms with E-state index in [1.165, 1.54) is 18.2 Å². The van der Waals surface area contributed by atoms with Gasteiger partial charge in [-0.1, -0.05) is 18.2 Å². The Morgan fingerprint density at radius 1 is 1.05 bits per heavy atom. The van der Waals surface area contributed by atoms with Crippen LogP contribution in [0.2, 0.25) is 0 Å². The molecule has 19 heavy (non-hydrogen) atoms. The summed E-state index contributed by atoms with van der Waals surface area (Å²) < 4.78 is 32.2. The Bertz CT molecular complexity index is 537. The first-order valence-electron chi connectivity index (χ1n) is 6.10. The van der Waals surface area contributed by atoms with Gasteiger partial charge in [0.05, 0.1) is 6.61 Å². The van der Waals surface area contributed by atoms with Crippen LogP contribution in [-0.4, -0.2) is 6.61 Å². The Kier molecular flexibility index (Phi) is 4.34. The lowest BCUT2D eigenvalue weighted by molar-refractivity contribution is 0.340. The number of ether oxygens (including phenoxy) is 1. The maximum absolute atomic E-state index is 13.4. The van der Waals surface area contributed by atoms with Crippen LogP contribution in [0.25, 0.3) is 0 Å². The van der Waals surface area contributed by atoms with E-state index in [0.717, 1.165) is 11.3 Å². The zero-order chi connectivity index (χ0) is 13.7. The molecule has 0 saturated carbocycles. The first-order valence-corrected chi connectivity index (χ1v) is 6.10. The Morgan fingerprint density at radius 3 is 2.42 bits per heavy atom. The largest absolute Gasteiger partial charge is 0.494 e. The van der Waals surface area contributed by atoms with Crippen molar-refractivity contribution >= 4 is 5.69 Å². The lowest BCUT2D eigenvalue weighted by Gasteiger charge is -2.10. The molecule has 0 aliphatic rings. The van der Waals surface area contributed by atoms with Gasteiger partial charge in [-0.3, -0.25) is 0 Å². The highest BCUT2D eigenvalue weighted by molar-refractivity contribution is 5.46. The second kappa shape index (κ2) is 6.18. The van der Waals surface area contributed by atoms with Crippen LogP contribution >= 0.6 is 0 Å². The minimum absolute atomic E-state index is 0.107. The number of benzene rings is 2. The zero-order valence-electron chi connectivity index (χ0n) is 10.6. The number of hydrogen-bond donors (Lipinski definition) is 1. The fourth-order valence-electron chi connectivity index (χ4n) is 1.77. The predicted molar refractivity (Wildman–Crippen MR) is 71.3 cm³/mol. The van der Waals surface area contributed by atoms with Crippen LogP contribution in [-0.2, 0) is 6.54 Å². The smallest absolute Gasteiger partial charge is 0.149 e. The molecule has 0 spiro atoms. The Hall–Kier alpha value is -2.10. The molecule has 0 atom stereocenters. The van der Waals surface area contributed by atoms with Crippen LogP contribution < -0.4 is 10.1 Å². The van der Waals surface area contributed by atoms with Gasteiger partial charge in [-0.05, 0) is 36.8 Å². The third kappa shape index (κ3) is 3.44. The average Bonchev–Trinajstić information content (AvgIpc) is 2.39. The summed E-state index contributed by atoms with van der Waals surface area (Å²) in [6, 6.07) is 11.2. The van der Waals surface area contributed by atoms with Gasteiger partial charge in [0.15, 0.2) is 0 Å². The Morgan fingerprint density at radius 2 is 1.74 bits per heavy atom. The van der Waals surface area contributed by atoms with Gasteiger partial charge in [-0.2, -0.15) is 0 Å². The number of para-hydroxylation sites is 1. The molecule has 0 heterocycles. The van der Waals surface area contributed by atoms with E-state index in [4.69, 9.17) is 4.74 Å². The van der Waals surface area contributed by atoms with E-state index in [9.17, 15) is 8.78 Å². The SMILES string of the molecule is CCOc1cccc(CNc2c(F)cccc2F)c1. The van der Waals surface area contributed by atoms with E-state index in [2.05, 4.69) is 5.32 Å². The van der Waals surface area contributed by atoms with Crippen molar-refractivity contribution in [3.05, 3.63) is 59.7 Å². The number of anilines is 1. The highest BCUT2D eigenvalue weighted by Crippen LogP contribution is 2.20. The molecule has 2 aromatic rings. The van der Waals surface area contributed by atoms with Crippen LogP contribution in [0.4, 0.5) is 14.5 Å². The van der Waals surface area contributed by atoms with Crippen molar-refractivity contribution < 1.29 is 13.5 Å². The molecular formula is C15H15F2NO. The lowest BCUT2D eigenvalue weighted by Crippen LogP contribution is -2.04. The molecule has 100 valence electrons. The second-order valence-corrected chi connectivity index (χ2v) is 4.03. The average molecular weight is 263 g/mol. The summed E-state index contributed by atoms with van der Waals surface area (Å²) in [4.78, 5) is 0. The standard InChI is InChI=1S/C15H15F2NO/c1-2-19-12-6-3-5-11(9-12)10-18-15-13(16)7-4-8-14(15)17/h3-9,18H,2,10H2,1H3. The zero-order valence-corrected chi connectivity index (χ0v) is 10.6. The Labute approximate surface area is 111 Å². The van der Waals surface area contributed by atoms with Gasteiger partial charge in [0.25, 0.3) is 0 Å². The summed E-state index contributed by atoms with van der Waals surface area (Å²) in [5.41, 5.74) is 0.790. The summed E-state index contributed by atoms with van der Waals surface area (Å²) in [5, 5.41) is 2.76. The molecule has 0 aliphatic carbocycles. The summed E-state index contributed by atoms with van der Waals surface area (Å²) in [6.07, 6.45) is 0. The highest BCUT2D eigenvalue weighted by Gasteiger charge is 2.07. The van der Waals surface area contributed by atoms with Crippen LogP contribution in [0.1, 0.15) is 12.5 Å². The van der Waals surface area contributed by atoms with E-state index >= 15 is 0 Å². The highest BCUT2D eigenvalue weighted by atomic mass is 19.1. The summed E-state index contributed by atoms with van der Waals surface area (Å²) >= 11 is 0. The van der Waals surface area contributed by atoms with Gasteiger partial charge in [-0.15, -0.1) is 0 Å². The van der Waals surface area contributed by atoms with Gasteiger partial charge in [0.1, 0.15) is 23.1 Å². The topological polar surface area (TPSA) is 21.3 Å². The predicted octanol–water partition coefficient (Wildman–Crippen LogP) is 3.98. The second-order valence-electron chi connectivity index (χ2n) is 4.03. The van der Waals surface area contributed by atoms with Crippen molar-refractivity contribution in [1.29, 1.82) is 0 Å². The van der Waals surface area contributed by atoms with Gasteiger partial charge < -0.3 is 10.1 Å². The van der Waals surface area contributed by atoms with Crippen LogP contribution in [0.15, 0.2) is 42.5 Å². The van der Waals surface area contributed by atoms with Crippen LogP contribution in [0.5, 0.6) is 5.75 Å². The molecule has 0 aromatic heterocycles. The first kappa shape index (κ1) is 13.3. The van der Waals surface area contributed by atoms with Crippen molar-refractivity contribution in [3.8, 4) is 5.75 Å². The third-order valence-corrected chi connectivity index (χ3v) is 2.64. The molecule has 0 saturated heterocycles. The van der Waals surface area contributed by atoms with E-state index in [1.807, 2.05) is 31.2 Å². The third-order valence-electron chi connectivity index (χ3n) is 2.64. The first-order chi connectivity index (χ1) is 9.20. The minimum Gasteiger partial charge on any atom is -0.494 e.